The van der Waals surface area contributed by atoms with Gasteiger partial charge in [-0.15, -0.1) is 0 Å². The molecule has 0 saturated heterocycles. The lowest BCUT2D eigenvalue weighted by Crippen LogP contribution is -2.35. The molecule has 1 fully saturated rings. The largest absolute Gasteiger partial charge is 0.459 e. The van der Waals surface area contributed by atoms with E-state index >= 15 is 0 Å². The molecule has 1 rings (SSSR count). The molecule has 0 N–H and O–H groups in total. The number of alkyl halides is 1. The number of rotatable bonds is 3. The number of hydrogen-bond donors (Lipinski definition) is 0. The van der Waals surface area contributed by atoms with E-state index in [1.54, 1.807) is 20.8 Å². The van der Waals surface area contributed by atoms with Crippen molar-refractivity contribution in [2.45, 2.75) is 39.2 Å². The van der Waals surface area contributed by atoms with Gasteiger partial charge in [0.15, 0.2) is 11.5 Å². The van der Waals surface area contributed by atoms with Gasteiger partial charge in [-0.3, -0.25) is 9.59 Å². The van der Waals surface area contributed by atoms with Crippen LogP contribution >= 0.6 is 11.6 Å². The van der Waals surface area contributed by atoms with Gasteiger partial charge in [0.25, 0.3) is 0 Å². The Kier molecular flexibility index (Phi) is 3.28. The highest BCUT2D eigenvalue weighted by Gasteiger charge is 2.60. The molecule has 0 aromatic heterocycles. The second-order valence-electron chi connectivity index (χ2n) is 4.62. The summed E-state index contributed by atoms with van der Waals surface area (Å²) >= 11 is 5.27. The summed E-state index contributed by atoms with van der Waals surface area (Å²) in [7, 11) is 0. The van der Waals surface area contributed by atoms with Gasteiger partial charge in [-0.25, -0.2) is 0 Å². The molecule has 1 aliphatic rings. The van der Waals surface area contributed by atoms with Crippen LogP contribution in [0.15, 0.2) is 0 Å². The summed E-state index contributed by atoms with van der Waals surface area (Å²) < 4.78 is 9.78. The van der Waals surface area contributed by atoms with E-state index in [9.17, 15) is 9.59 Å². The molecule has 0 radical (unpaired) electrons. The quantitative estimate of drug-likeness (QED) is 0.425. The molecule has 0 aromatic carbocycles. The molecule has 0 amide bonds. The zero-order chi connectivity index (χ0) is 11.7. The number of carbonyl (C=O) groups is 2. The second-order valence-corrected chi connectivity index (χ2v) is 4.84. The number of halogens is 1. The maximum Gasteiger partial charge on any atom is 0.324 e. The van der Waals surface area contributed by atoms with Crippen LogP contribution in [0.3, 0.4) is 0 Å². The second kappa shape index (κ2) is 4.00. The number of hydrogen-bond acceptors (Lipinski definition) is 4. The number of ether oxygens (including phenoxy) is 2. The van der Waals surface area contributed by atoms with Gasteiger partial charge in [-0.1, -0.05) is 11.6 Å². The molecule has 0 spiro atoms. The van der Waals surface area contributed by atoms with Gasteiger partial charge in [0.2, 0.25) is 0 Å². The summed E-state index contributed by atoms with van der Waals surface area (Å²) in [5.74, 6) is -1.09. The van der Waals surface area contributed by atoms with Gasteiger partial charge in [0.1, 0.15) is 5.60 Å². The zero-order valence-electron chi connectivity index (χ0n) is 9.13. The molecule has 0 bridgehead atoms. The summed E-state index contributed by atoms with van der Waals surface area (Å²) in [6, 6.07) is -0.233. The van der Waals surface area contributed by atoms with E-state index in [0.717, 1.165) is 0 Å². The van der Waals surface area contributed by atoms with E-state index in [4.69, 9.17) is 16.3 Å². The van der Waals surface area contributed by atoms with Gasteiger partial charge in [-0.05, 0) is 33.6 Å². The van der Waals surface area contributed by atoms with Gasteiger partial charge in [0.05, 0.1) is 0 Å². The Morgan fingerprint density at radius 2 is 1.80 bits per heavy atom. The van der Waals surface area contributed by atoms with Crippen LogP contribution in [-0.2, 0) is 19.1 Å². The van der Waals surface area contributed by atoms with E-state index in [-0.39, 0.29) is 6.07 Å². The van der Waals surface area contributed by atoms with E-state index in [1.807, 2.05) is 0 Å². The highest BCUT2D eigenvalue weighted by molar-refractivity contribution is 6.18. The fourth-order valence-electron chi connectivity index (χ4n) is 1.18. The van der Waals surface area contributed by atoms with Crippen LogP contribution in [0, 0.1) is 5.41 Å². The van der Waals surface area contributed by atoms with Crippen molar-refractivity contribution in [3.8, 4) is 0 Å². The molecule has 5 heteroatoms. The van der Waals surface area contributed by atoms with Crippen LogP contribution < -0.4 is 0 Å². The fourth-order valence-corrected chi connectivity index (χ4v) is 1.28. The SMILES string of the molecule is CC(C)(C)OC(=O)C1(C(=O)OCCl)CC1. The first-order valence-electron chi connectivity index (χ1n) is 4.78. The molecule has 0 unspecified atom stereocenters. The monoisotopic (exact) mass is 234 g/mol. The molecule has 86 valence electrons. The first-order chi connectivity index (χ1) is 6.82. The number of esters is 2. The van der Waals surface area contributed by atoms with Crippen LogP contribution in [0.4, 0.5) is 0 Å². The predicted molar refractivity (Wildman–Crippen MR) is 54.3 cm³/mol. The van der Waals surface area contributed by atoms with Crippen LogP contribution in [0.5, 0.6) is 0 Å². The van der Waals surface area contributed by atoms with Crippen molar-refractivity contribution in [3.05, 3.63) is 0 Å². The van der Waals surface area contributed by atoms with Gasteiger partial charge < -0.3 is 9.47 Å². The summed E-state index contributed by atoms with van der Waals surface area (Å²) in [6.45, 7) is 5.27. The third-order valence-corrected chi connectivity index (χ3v) is 2.23. The third-order valence-electron chi connectivity index (χ3n) is 2.12. The summed E-state index contributed by atoms with van der Waals surface area (Å²) in [5, 5.41) is 0. The van der Waals surface area contributed by atoms with Crippen LogP contribution in [-0.4, -0.2) is 23.6 Å². The minimum atomic E-state index is -1.08. The molecule has 1 aliphatic carbocycles. The van der Waals surface area contributed by atoms with Gasteiger partial charge in [0, 0.05) is 0 Å². The first-order valence-corrected chi connectivity index (χ1v) is 5.32. The molecular weight excluding hydrogens is 220 g/mol. The molecular formula is C10H15ClO4. The molecule has 0 heterocycles. The maximum atomic E-state index is 11.7. The smallest absolute Gasteiger partial charge is 0.324 e. The standard InChI is InChI=1S/C10H15ClO4/c1-9(2,3)15-8(13)10(4-5-10)7(12)14-6-11/h4-6H2,1-3H3. The first kappa shape index (κ1) is 12.3. The molecule has 0 atom stereocenters. The summed E-state index contributed by atoms with van der Waals surface area (Å²) in [4.78, 5) is 23.1. The molecule has 15 heavy (non-hydrogen) atoms. The molecule has 1 saturated carbocycles. The van der Waals surface area contributed by atoms with Crippen molar-refractivity contribution in [1.29, 1.82) is 0 Å². The van der Waals surface area contributed by atoms with Crippen molar-refractivity contribution >= 4 is 23.5 Å². The summed E-state index contributed by atoms with van der Waals surface area (Å²) in [6.07, 6.45) is 0.968. The highest BCUT2D eigenvalue weighted by Crippen LogP contribution is 2.48. The van der Waals surface area contributed by atoms with Crippen molar-refractivity contribution < 1.29 is 19.1 Å². The lowest BCUT2D eigenvalue weighted by Gasteiger charge is -2.22. The van der Waals surface area contributed by atoms with E-state index < -0.39 is 23.0 Å². The fraction of sp³-hybridized carbons (Fsp3) is 0.800. The minimum absolute atomic E-state index is 0.233. The Morgan fingerprint density at radius 1 is 1.27 bits per heavy atom. The average Bonchev–Trinajstić information content (AvgIpc) is 2.80. The van der Waals surface area contributed by atoms with Gasteiger partial charge in [-0.2, -0.15) is 0 Å². The van der Waals surface area contributed by atoms with E-state index in [1.165, 1.54) is 0 Å². The van der Waals surface area contributed by atoms with Crippen LogP contribution in [0.25, 0.3) is 0 Å². The van der Waals surface area contributed by atoms with Crippen LogP contribution in [0.1, 0.15) is 33.6 Å². The summed E-state index contributed by atoms with van der Waals surface area (Å²) in [5.41, 5.74) is -1.67. The third kappa shape index (κ3) is 2.84. The minimum Gasteiger partial charge on any atom is -0.459 e. The van der Waals surface area contributed by atoms with Gasteiger partial charge >= 0.3 is 11.9 Å². The Bertz CT molecular complexity index is 276. The van der Waals surface area contributed by atoms with E-state index in [2.05, 4.69) is 4.74 Å². The normalized spacial score (nSPS) is 18.1. The Balaban J connectivity index is 2.63. The van der Waals surface area contributed by atoms with E-state index in [0.29, 0.717) is 12.8 Å². The Labute approximate surface area is 93.9 Å². The highest BCUT2D eigenvalue weighted by atomic mass is 35.5. The molecule has 0 aromatic rings. The predicted octanol–water partition coefficient (Wildman–Crippen LogP) is 1.85. The average molecular weight is 235 g/mol. The lowest BCUT2D eigenvalue weighted by atomic mass is 10.1. The van der Waals surface area contributed by atoms with Crippen molar-refractivity contribution in [2.75, 3.05) is 6.07 Å². The van der Waals surface area contributed by atoms with Crippen molar-refractivity contribution in [3.63, 3.8) is 0 Å². The lowest BCUT2D eigenvalue weighted by molar-refractivity contribution is -0.170. The van der Waals surface area contributed by atoms with Crippen molar-refractivity contribution in [2.24, 2.45) is 5.41 Å². The van der Waals surface area contributed by atoms with Crippen LogP contribution in [0.2, 0.25) is 0 Å². The Hall–Kier alpha value is -0.770. The number of carbonyl (C=O) groups excluding carboxylic acids is 2. The maximum absolute atomic E-state index is 11.7. The topological polar surface area (TPSA) is 52.6 Å². The van der Waals surface area contributed by atoms with Crippen molar-refractivity contribution in [1.82, 2.24) is 0 Å². The zero-order valence-corrected chi connectivity index (χ0v) is 9.89. The Morgan fingerprint density at radius 3 is 2.13 bits per heavy atom. The molecule has 0 aliphatic heterocycles. The molecule has 4 nitrogen and oxygen atoms in total.